The molecule has 0 bridgehead atoms. The molecule has 0 aromatic carbocycles. The molecule has 6 heteroatoms. The number of carbonyl (C=O) groups excluding carboxylic acids is 1. The minimum absolute atomic E-state index is 0.0811. The summed E-state index contributed by atoms with van der Waals surface area (Å²) in [5, 5.41) is 8.94. The molecule has 0 aliphatic carbocycles. The van der Waals surface area contributed by atoms with Crippen LogP contribution in [-0.4, -0.2) is 60.9 Å². The van der Waals surface area contributed by atoms with Gasteiger partial charge in [0.05, 0.1) is 31.7 Å². The molecule has 0 unspecified atom stereocenters. The van der Waals surface area contributed by atoms with Crippen LogP contribution in [0.3, 0.4) is 0 Å². The van der Waals surface area contributed by atoms with Crippen molar-refractivity contribution < 1.29 is 24.2 Å². The van der Waals surface area contributed by atoms with E-state index in [1.807, 2.05) is 20.8 Å². The van der Waals surface area contributed by atoms with Crippen molar-refractivity contribution in [2.75, 3.05) is 32.9 Å². The Bertz CT molecular complexity index is 293. The van der Waals surface area contributed by atoms with Crippen molar-refractivity contribution >= 4 is 11.9 Å². The molecular formula is C14H27NO5. The van der Waals surface area contributed by atoms with Crippen LogP contribution in [0.15, 0.2) is 0 Å². The molecule has 0 aromatic heterocycles. The van der Waals surface area contributed by atoms with E-state index in [4.69, 9.17) is 14.6 Å². The molecule has 0 heterocycles. The van der Waals surface area contributed by atoms with Crippen molar-refractivity contribution in [2.45, 2.75) is 40.2 Å². The number of carbonyl (C=O) groups is 2. The zero-order chi connectivity index (χ0) is 15.5. The fourth-order valence-electron chi connectivity index (χ4n) is 1.59. The summed E-state index contributed by atoms with van der Waals surface area (Å²) >= 11 is 0. The first-order valence-electron chi connectivity index (χ1n) is 7.08. The van der Waals surface area contributed by atoms with Crippen molar-refractivity contribution in [3.8, 4) is 0 Å². The number of ether oxygens (including phenoxy) is 2. The Kier molecular flexibility index (Phi) is 10.0. The van der Waals surface area contributed by atoms with Gasteiger partial charge >= 0.3 is 5.97 Å². The molecule has 0 spiro atoms. The molecule has 20 heavy (non-hydrogen) atoms. The standard InChI is InChI=1S/C14H27NO5/c1-5-19-9-7-15(10-12(4)14(17)18)13(16)6-8-20-11(2)3/h11-12H,5-10H2,1-4H3,(H,17,18)/t12-/m1/s1. The largest absolute Gasteiger partial charge is 0.481 e. The molecular weight excluding hydrogens is 262 g/mol. The van der Waals surface area contributed by atoms with Gasteiger partial charge in [0.25, 0.3) is 0 Å². The Labute approximate surface area is 121 Å². The molecule has 0 aliphatic heterocycles. The summed E-state index contributed by atoms with van der Waals surface area (Å²) in [6, 6.07) is 0. The van der Waals surface area contributed by atoms with E-state index in [0.717, 1.165) is 0 Å². The lowest BCUT2D eigenvalue weighted by molar-refractivity contribution is -0.143. The van der Waals surface area contributed by atoms with Crippen LogP contribution in [0.2, 0.25) is 0 Å². The molecule has 1 amide bonds. The topological polar surface area (TPSA) is 76.1 Å². The van der Waals surface area contributed by atoms with Gasteiger partial charge in [0.1, 0.15) is 0 Å². The zero-order valence-electron chi connectivity index (χ0n) is 12.9. The van der Waals surface area contributed by atoms with Gasteiger partial charge in [-0.1, -0.05) is 6.92 Å². The van der Waals surface area contributed by atoms with E-state index in [2.05, 4.69) is 0 Å². The van der Waals surface area contributed by atoms with Crippen molar-refractivity contribution in [3.05, 3.63) is 0 Å². The number of amides is 1. The molecule has 118 valence electrons. The van der Waals surface area contributed by atoms with Gasteiger partial charge in [-0.05, 0) is 20.8 Å². The minimum atomic E-state index is -0.905. The van der Waals surface area contributed by atoms with Gasteiger partial charge in [0.15, 0.2) is 0 Å². The van der Waals surface area contributed by atoms with Gasteiger partial charge in [0.2, 0.25) is 5.91 Å². The maximum atomic E-state index is 12.1. The van der Waals surface area contributed by atoms with Crippen LogP contribution in [0, 0.1) is 5.92 Å². The predicted molar refractivity (Wildman–Crippen MR) is 75.6 cm³/mol. The minimum Gasteiger partial charge on any atom is -0.481 e. The van der Waals surface area contributed by atoms with E-state index >= 15 is 0 Å². The predicted octanol–water partition coefficient (Wildman–Crippen LogP) is 1.39. The van der Waals surface area contributed by atoms with Crippen LogP contribution in [0.5, 0.6) is 0 Å². The number of rotatable bonds is 11. The molecule has 0 aliphatic rings. The van der Waals surface area contributed by atoms with Crippen LogP contribution in [-0.2, 0) is 19.1 Å². The van der Waals surface area contributed by atoms with E-state index in [1.54, 1.807) is 6.92 Å². The fourth-order valence-corrected chi connectivity index (χ4v) is 1.59. The molecule has 0 aromatic rings. The maximum absolute atomic E-state index is 12.1. The highest BCUT2D eigenvalue weighted by Crippen LogP contribution is 2.04. The van der Waals surface area contributed by atoms with Gasteiger partial charge < -0.3 is 19.5 Å². The highest BCUT2D eigenvalue weighted by atomic mass is 16.5. The highest BCUT2D eigenvalue weighted by molar-refractivity contribution is 5.77. The Hall–Kier alpha value is -1.14. The highest BCUT2D eigenvalue weighted by Gasteiger charge is 2.20. The lowest BCUT2D eigenvalue weighted by Crippen LogP contribution is -2.39. The first kappa shape index (κ1) is 18.9. The van der Waals surface area contributed by atoms with Crippen molar-refractivity contribution in [1.82, 2.24) is 4.90 Å². The average molecular weight is 289 g/mol. The van der Waals surface area contributed by atoms with Crippen LogP contribution in [0.25, 0.3) is 0 Å². The number of nitrogens with zero attached hydrogens (tertiary/aromatic N) is 1. The number of aliphatic carboxylic acids is 1. The third-order valence-electron chi connectivity index (χ3n) is 2.75. The SMILES string of the molecule is CCOCCN(C[C@@H](C)C(=O)O)C(=O)CCOC(C)C. The van der Waals surface area contributed by atoms with Crippen LogP contribution in [0.1, 0.15) is 34.1 Å². The number of hydrogen-bond acceptors (Lipinski definition) is 4. The summed E-state index contributed by atoms with van der Waals surface area (Å²) in [6.45, 7) is 9.23. The van der Waals surface area contributed by atoms with Crippen molar-refractivity contribution in [1.29, 1.82) is 0 Å². The van der Waals surface area contributed by atoms with Gasteiger partial charge in [0, 0.05) is 19.7 Å². The summed E-state index contributed by atoms with van der Waals surface area (Å²) in [5.74, 6) is -1.59. The lowest BCUT2D eigenvalue weighted by atomic mass is 10.1. The number of hydrogen-bond donors (Lipinski definition) is 1. The summed E-state index contributed by atoms with van der Waals surface area (Å²) in [7, 11) is 0. The molecule has 6 nitrogen and oxygen atoms in total. The summed E-state index contributed by atoms with van der Waals surface area (Å²) in [4.78, 5) is 24.5. The van der Waals surface area contributed by atoms with Crippen molar-refractivity contribution in [3.63, 3.8) is 0 Å². The Morgan fingerprint density at radius 2 is 1.85 bits per heavy atom. The maximum Gasteiger partial charge on any atom is 0.308 e. The summed E-state index contributed by atoms with van der Waals surface area (Å²) in [6.07, 6.45) is 0.342. The van der Waals surface area contributed by atoms with E-state index in [0.29, 0.717) is 26.4 Å². The average Bonchev–Trinajstić information content (AvgIpc) is 2.36. The molecule has 0 saturated heterocycles. The zero-order valence-corrected chi connectivity index (χ0v) is 12.9. The second-order valence-electron chi connectivity index (χ2n) is 4.95. The molecule has 1 N–H and O–H groups in total. The first-order chi connectivity index (χ1) is 9.38. The Balaban J connectivity index is 4.33. The fraction of sp³-hybridized carbons (Fsp3) is 0.857. The number of carboxylic acid groups (broad SMARTS) is 1. The monoisotopic (exact) mass is 289 g/mol. The normalized spacial score (nSPS) is 12.4. The first-order valence-corrected chi connectivity index (χ1v) is 7.08. The van der Waals surface area contributed by atoms with Gasteiger partial charge in [-0.3, -0.25) is 9.59 Å². The Morgan fingerprint density at radius 3 is 2.35 bits per heavy atom. The second-order valence-corrected chi connectivity index (χ2v) is 4.95. The molecule has 1 atom stereocenters. The summed E-state index contributed by atoms with van der Waals surface area (Å²) < 4.78 is 10.6. The van der Waals surface area contributed by atoms with Crippen LogP contribution >= 0.6 is 0 Å². The van der Waals surface area contributed by atoms with E-state index in [1.165, 1.54) is 4.90 Å². The smallest absolute Gasteiger partial charge is 0.308 e. The second kappa shape index (κ2) is 10.6. The molecule has 0 radical (unpaired) electrons. The Morgan fingerprint density at radius 1 is 1.20 bits per heavy atom. The lowest BCUT2D eigenvalue weighted by Gasteiger charge is -2.24. The van der Waals surface area contributed by atoms with E-state index < -0.39 is 11.9 Å². The molecule has 0 rings (SSSR count). The third kappa shape index (κ3) is 8.87. The van der Waals surface area contributed by atoms with Gasteiger partial charge in [-0.25, -0.2) is 0 Å². The summed E-state index contributed by atoms with van der Waals surface area (Å²) in [5.41, 5.74) is 0. The van der Waals surface area contributed by atoms with Gasteiger partial charge in [-0.2, -0.15) is 0 Å². The van der Waals surface area contributed by atoms with E-state index in [-0.39, 0.29) is 25.0 Å². The number of carboxylic acids is 1. The van der Waals surface area contributed by atoms with Crippen molar-refractivity contribution in [2.24, 2.45) is 5.92 Å². The molecule has 0 saturated carbocycles. The van der Waals surface area contributed by atoms with Crippen LogP contribution in [0.4, 0.5) is 0 Å². The third-order valence-corrected chi connectivity index (χ3v) is 2.75. The van der Waals surface area contributed by atoms with E-state index in [9.17, 15) is 9.59 Å². The van der Waals surface area contributed by atoms with Crippen LogP contribution < -0.4 is 0 Å². The quantitative estimate of drug-likeness (QED) is 0.582. The van der Waals surface area contributed by atoms with Gasteiger partial charge in [-0.15, -0.1) is 0 Å². The molecule has 0 fully saturated rings.